The number of imidazole rings is 1. The smallest absolute Gasteiger partial charge is 0.329 e. The number of benzene rings is 1. The Balaban J connectivity index is 1.84. The number of carbonyl (C=O) groups is 1. The van der Waals surface area contributed by atoms with Crippen LogP contribution in [0.15, 0.2) is 29.1 Å². The molecule has 0 saturated carbocycles. The fourth-order valence-corrected chi connectivity index (χ4v) is 3.41. The summed E-state index contributed by atoms with van der Waals surface area (Å²) in [6.07, 6.45) is 0.999. The van der Waals surface area contributed by atoms with Crippen LogP contribution in [0, 0.1) is 5.92 Å². The van der Waals surface area contributed by atoms with Crippen LogP contribution in [0.25, 0.3) is 11.0 Å². The topological polar surface area (TPSA) is 56.5 Å². The summed E-state index contributed by atoms with van der Waals surface area (Å²) < 4.78 is 8.70. The van der Waals surface area contributed by atoms with Gasteiger partial charge in [0.05, 0.1) is 17.6 Å². The van der Waals surface area contributed by atoms with E-state index >= 15 is 0 Å². The van der Waals surface area contributed by atoms with E-state index < -0.39 is 0 Å². The zero-order valence-electron chi connectivity index (χ0n) is 14.4. The number of para-hydroxylation sites is 2. The van der Waals surface area contributed by atoms with Crippen LogP contribution < -0.4 is 5.69 Å². The van der Waals surface area contributed by atoms with Gasteiger partial charge in [-0.2, -0.15) is 0 Å². The Hall–Kier alpha value is -2.08. The fourth-order valence-electron chi connectivity index (χ4n) is 3.41. The standard InChI is InChI=1S/C18H25N3O3/c1-3-19(11-14-9-10-24-13-14)17(22)12-21-16-8-6-5-7-15(16)20(4-2)18(21)23/h5-8,14H,3-4,9-13H2,1-2H3. The van der Waals surface area contributed by atoms with Crippen LogP contribution in [0.2, 0.25) is 0 Å². The van der Waals surface area contributed by atoms with Gasteiger partial charge in [-0.05, 0) is 32.4 Å². The lowest BCUT2D eigenvalue weighted by molar-refractivity contribution is -0.132. The van der Waals surface area contributed by atoms with Crippen molar-refractivity contribution in [3.63, 3.8) is 0 Å². The van der Waals surface area contributed by atoms with Crippen LogP contribution >= 0.6 is 0 Å². The molecule has 1 saturated heterocycles. The van der Waals surface area contributed by atoms with E-state index in [-0.39, 0.29) is 18.1 Å². The Morgan fingerprint density at radius 3 is 2.54 bits per heavy atom. The maximum Gasteiger partial charge on any atom is 0.329 e. The van der Waals surface area contributed by atoms with Crippen LogP contribution in [-0.4, -0.2) is 46.2 Å². The number of amides is 1. The van der Waals surface area contributed by atoms with Crippen LogP contribution in [0.4, 0.5) is 0 Å². The number of likely N-dealkylation sites (N-methyl/N-ethyl adjacent to an activating group) is 1. The highest BCUT2D eigenvalue weighted by Gasteiger charge is 2.23. The van der Waals surface area contributed by atoms with Crippen molar-refractivity contribution >= 4 is 16.9 Å². The van der Waals surface area contributed by atoms with Crippen molar-refractivity contribution < 1.29 is 9.53 Å². The molecule has 0 bridgehead atoms. The number of aryl methyl sites for hydroxylation is 1. The van der Waals surface area contributed by atoms with E-state index in [9.17, 15) is 9.59 Å². The molecule has 1 aliphatic heterocycles. The van der Waals surface area contributed by atoms with Gasteiger partial charge >= 0.3 is 5.69 Å². The number of hydrogen-bond acceptors (Lipinski definition) is 3. The third-order valence-corrected chi connectivity index (χ3v) is 4.77. The first kappa shape index (κ1) is 16.8. The van der Waals surface area contributed by atoms with Gasteiger partial charge in [0, 0.05) is 32.2 Å². The first-order valence-corrected chi connectivity index (χ1v) is 8.69. The van der Waals surface area contributed by atoms with Crippen LogP contribution in [-0.2, 0) is 22.6 Å². The summed E-state index contributed by atoms with van der Waals surface area (Å²) in [6, 6.07) is 7.64. The van der Waals surface area contributed by atoms with Gasteiger partial charge in [0.15, 0.2) is 0 Å². The van der Waals surface area contributed by atoms with Crippen molar-refractivity contribution in [3.05, 3.63) is 34.7 Å². The molecule has 0 N–H and O–H groups in total. The highest BCUT2D eigenvalue weighted by Crippen LogP contribution is 2.16. The van der Waals surface area contributed by atoms with Crippen LogP contribution in [0.3, 0.4) is 0 Å². The quantitative estimate of drug-likeness (QED) is 0.810. The molecular formula is C18H25N3O3. The maximum atomic E-state index is 12.7. The van der Waals surface area contributed by atoms with Gasteiger partial charge in [-0.25, -0.2) is 4.79 Å². The minimum atomic E-state index is -0.118. The summed E-state index contributed by atoms with van der Waals surface area (Å²) in [7, 11) is 0. The lowest BCUT2D eigenvalue weighted by Crippen LogP contribution is -2.39. The molecule has 1 aromatic heterocycles. The molecule has 24 heavy (non-hydrogen) atoms. The molecule has 3 rings (SSSR count). The summed E-state index contributed by atoms with van der Waals surface area (Å²) in [4.78, 5) is 27.2. The number of ether oxygens (including phenoxy) is 1. The van der Waals surface area contributed by atoms with E-state index in [1.165, 1.54) is 0 Å². The molecule has 1 amide bonds. The predicted molar refractivity (Wildman–Crippen MR) is 93.1 cm³/mol. The summed E-state index contributed by atoms with van der Waals surface area (Å²) in [5.41, 5.74) is 1.58. The Labute approximate surface area is 141 Å². The number of hydrogen-bond donors (Lipinski definition) is 0. The molecule has 0 radical (unpaired) electrons. The predicted octanol–water partition coefficient (Wildman–Crippen LogP) is 1.71. The monoisotopic (exact) mass is 331 g/mol. The first-order chi connectivity index (χ1) is 11.7. The molecule has 1 aromatic carbocycles. The van der Waals surface area contributed by atoms with Gasteiger partial charge < -0.3 is 9.64 Å². The van der Waals surface area contributed by atoms with Gasteiger partial charge in [-0.15, -0.1) is 0 Å². The average molecular weight is 331 g/mol. The summed E-state index contributed by atoms with van der Waals surface area (Å²) >= 11 is 0. The van der Waals surface area contributed by atoms with Crippen molar-refractivity contribution in [1.82, 2.24) is 14.0 Å². The second kappa shape index (κ2) is 7.21. The lowest BCUT2D eigenvalue weighted by Gasteiger charge is -2.23. The van der Waals surface area contributed by atoms with E-state index in [0.29, 0.717) is 25.6 Å². The van der Waals surface area contributed by atoms with E-state index in [1.807, 2.05) is 43.0 Å². The van der Waals surface area contributed by atoms with Crippen molar-refractivity contribution in [1.29, 1.82) is 0 Å². The molecule has 1 aliphatic rings. The largest absolute Gasteiger partial charge is 0.381 e. The fraction of sp³-hybridized carbons (Fsp3) is 0.556. The zero-order chi connectivity index (χ0) is 17.1. The average Bonchev–Trinajstić information content (AvgIpc) is 3.19. The van der Waals surface area contributed by atoms with E-state index in [0.717, 1.165) is 30.7 Å². The summed E-state index contributed by atoms with van der Waals surface area (Å²) in [6.45, 7) is 7.46. The molecule has 2 aromatic rings. The number of fused-ring (bicyclic) bond motifs is 1. The van der Waals surface area contributed by atoms with Crippen LogP contribution in [0.1, 0.15) is 20.3 Å². The third kappa shape index (κ3) is 3.11. The number of aromatic nitrogens is 2. The maximum absolute atomic E-state index is 12.7. The molecule has 1 unspecified atom stereocenters. The second-order valence-electron chi connectivity index (χ2n) is 6.26. The molecular weight excluding hydrogens is 306 g/mol. The normalized spacial score (nSPS) is 17.5. The lowest BCUT2D eigenvalue weighted by atomic mass is 10.1. The zero-order valence-corrected chi connectivity index (χ0v) is 14.4. The van der Waals surface area contributed by atoms with Crippen molar-refractivity contribution in [2.75, 3.05) is 26.3 Å². The third-order valence-electron chi connectivity index (χ3n) is 4.77. The summed E-state index contributed by atoms with van der Waals surface area (Å²) in [5.74, 6) is 0.396. The molecule has 0 spiro atoms. The second-order valence-corrected chi connectivity index (χ2v) is 6.26. The molecule has 6 nitrogen and oxygen atoms in total. The van der Waals surface area contributed by atoms with Crippen molar-refractivity contribution in [2.45, 2.75) is 33.4 Å². The molecule has 1 fully saturated rings. The van der Waals surface area contributed by atoms with Crippen LogP contribution in [0.5, 0.6) is 0 Å². The van der Waals surface area contributed by atoms with Gasteiger partial charge in [0.25, 0.3) is 0 Å². The minimum absolute atomic E-state index is 0.00879. The number of rotatable bonds is 6. The highest BCUT2D eigenvalue weighted by molar-refractivity contribution is 5.81. The molecule has 1 atom stereocenters. The minimum Gasteiger partial charge on any atom is -0.381 e. The van der Waals surface area contributed by atoms with E-state index in [4.69, 9.17) is 4.74 Å². The van der Waals surface area contributed by atoms with Gasteiger partial charge in [-0.3, -0.25) is 13.9 Å². The van der Waals surface area contributed by atoms with Gasteiger partial charge in [-0.1, -0.05) is 12.1 Å². The van der Waals surface area contributed by atoms with Crippen molar-refractivity contribution in [2.24, 2.45) is 5.92 Å². The Morgan fingerprint density at radius 1 is 1.25 bits per heavy atom. The van der Waals surface area contributed by atoms with Gasteiger partial charge in [0.2, 0.25) is 5.91 Å². The molecule has 0 aliphatic carbocycles. The molecule has 2 heterocycles. The SMILES string of the molecule is CCN(CC1CCOC1)C(=O)Cn1c(=O)n(CC)c2ccccc21. The molecule has 6 heteroatoms. The molecule has 130 valence electrons. The van der Waals surface area contributed by atoms with Gasteiger partial charge in [0.1, 0.15) is 6.54 Å². The Morgan fingerprint density at radius 2 is 1.96 bits per heavy atom. The Bertz CT molecular complexity index is 771. The number of carbonyl (C=O) groups excluding carboxylic acids is 1. The van der Waals surface area contributed by atoms with E-state index in [1.54, 1.807) is 9.13 Å². The highest BCUT2D eigenvalue weighted by atomic mass is 16.5. The van der Waals surface area contributed by atoms with E-state index in [2.05, 4.69) is 0 Å². The number of nitrogens with zero attached hydrogens (tertiary/aromatic N) is 3. The summed E-state index contributed by atoms with van der Waals surface area (Å²) in [5, 5.41) is 0. The van der Waals surface area contributed by atoms with Crippen molar-refractivity contribution in [3.8, 4) is 0 Å². The Kier molecular flexibility index (Phi) is 5.04. The first-order valence-electron chi connectivity index (χ1n) is 8.69.